The van der Waals surface area contributed by atoms with Crippen molar-refractivity contribution >= 4 is 114 Å². The van der Waals surface area contributed by atoms with Gasteiger partial charge in [-0.25, -0.2) is 68.1 Å². The van der Waals surface area contributed by atoms with E-state index in [1.807, 2.05) is 247 Å². The minimum Gasteiger partial charge on any atom is -0.351 e. The molecule has 135 heavy (non-hydrogen) atoms. The van der Waals surface area contributed by atoms with Gasteiger partial charge in [0.1, 0.15) is 59.9 Å². The van der Waals surface area contributed by atoms with Crippen molar-refractivity contribution in [3.05, 3.63) is 364 Å². The molecular formula is C110H101F10N15. The molecule has 5 atom stereocenters. The summed E-state index contributed by atoms with van der Waals surface area (Å²) in [7, 11) is 8.82. The van der Waals surface area contributed by atoms with Crippen LogP contribution in [0.25, 0.3) is 57.6 Å². The molecule has 0 N–H and O–H groups in total. The quantitative estimate of drug-likeness (QED) is 0.109. The van der Waals surface area contributed by atoms with Crippen LogP contribution < -0.4 is 49.0 Å². The summed E-state index contributed by atoms with van der Waals surface area (Å²) in [6, 6.07) is 56.6. The first-order chi connectivity index (χ1) is 64.1. The molecule has 5 aliphatic heterocycles. The average Bonchev–Trinajstić information content (AvgIpc) is 1.59. The Bertz CT molecular complexity index is 7120. The van der Waals surface area contributed by atoms with E-state index < -0.39 is 86.6 Å². The molecule has 0 amide bonds. The molecule has 0 saturated heterocycles. The fourth-order valence-electron chi connectivity index (χ4n) is 19.1. The van der Waals surface area contributed by atoms with Crippen molar-refractivity contribution in [3.8, 4) is 33.4 Å². The minimum absolute atomic E-state index is 0.191. The van der Waals surface area contributed by atoms with Gasteiger partial charge in [-0.1, -0.05) is 133 Å². The smallest absolute Gasteiger partial charge is 0.259 e. The Kier molecular flexibility index (Phi) is 26.7. The second-order valence-electron chi connectivity index (χ2n) is 34.7. The third-order valence-electron chi connectivity index (χ3n) is 27.5. The van der Waals surface area contributed by atoms with E-state index >= 15 is 0 Å². The van der Waals surface area contributed by atoms with Crippen molar-refractivity contribution in [3.63, 3.8) is 0 Å². The molecule has 25 heteroatoms. The average molecular weight is 1820 g/mol. The summed E-state index contributed by atoms with van der Waals surface area (Å²) < 4.78 is 146. The standard InChI is InChI=1S/3C23H19F2N3.C21H23F2N3.C20H21F2N3/c1-14-9-8-12-17(16-10-6-5-7-11-16)22(14)28-15(2)27(4)23-19(28)13-18(24)21(26-3)20(23)25;1-14-12-17(16-8-6-5-7-9-16)10-11-19(14)28-15(2)27(4)23-20(28)13-18(24)22(26-3)21(23)25;1-14-10-11-17(16-8-6-5-7-9-16)12-19(14)28-15(2)27(4)23-20(28)13-18(24)22(26-3)21(23)25;1-10-11(2)13(4)20(14(5)12(10)3)26-15(6)25(8)21-17(26)9-16(22)19(24-7)18(21)23;1-10-8-11(2)13(4)19(12(10)3)25-14(5)24(7)20-16(25)9-15(21)18(23-6)17(20)22/h3*5-13,15H,1-2,4H3;9,15H,1-6,8H3;8-9,14H,1-5,7H3/t4*15-;14-/m00000/s1. The molecule has 0 unspecified atom stereocenters. The third kappa shape index (κ3) is 16.3. The van der Waals surface area contributed by atoms with Gasteiger partial charge in [0.2, 0.25) is 0 Å². The maximum Gasteiger partial charge on any atom is 0.259 e. The summed E-state index contributed by atoms with van der Waals surface area (Å²) in [4.78, 5) is 33.7. The summed E-state index contributed by atoms with van der Waals surface area (Å²) in [5, 5.41) is 0. The van der Waals surface area contributed by atoms with Crippen LogP contribution in [-0.4, -0.2) is 66.1 Å². The highest BCUT2D eigenvalue weighted by Crippen LogP contribution is 2.57. The molecule has 0 spiro atoms. The summed E-state index contributed by atoms with van der Waals surface area (Å²) in [6.45, 7) is 69.6. The van der Waals surface area contributed by atoms with Crippen LogP contribution in [0, 0.1) is 174 Å². The molecule has 15 nitrogen and oxygen atoms in total. The molecular weight excluding hydrogens is 1720 g/mol. The van der Waals surface area contributed by atoms with Crippen LogP contribution in [0.2, 0.25) is 0 Å². The fourth-order valence-corrected chi connectivity index (χ4v) is 19.1. The lowest BCUT2D eigenvalue weighted by Gasteiger charge is -2.32. The number of hydrogen-bond donors (Lipinski definition) is 0. The van der Waals surface area contributed by atoms with E-state index in [0.29, 0.717) is 28.4 Å². The minimum atomic E-state index is -0.839. The Balaban J connectivity index is 0.000000135. The number of benzene rings is 13. The second-order valence-corrected chi connectivity index (χ2v) is 34.7. The fraction of sp³-hybridized carbons (Fsp3) is 0.245. The second kappa shape index (κ2) is 37.7. The number of nitrogens with zero attached hydrogens (tertiary/aromatic N) is 15. The topological polar surface area (TPSA) is 54.2 Å². The highest BCUT2D eigenvalue weighted by Gasteiger charge is 2.44. The first-order valence-corrected chi connectivity index (χ1v) is 43.9. The summed E-state index contributed by atoms with van der Waals surface area (Å²) in [5.41, 5.74) is 25.0. The Morgan fingerprint density at radius 3 is 0.830 bits per heavy atom. The molecule has 0 aliphatic carbocycles. The molecule has 0 bridgehead atoms. The van der Waals surface area contributed by atoms with Crippen LogP contribution in [-0.2, 0) is 0 Å². The van der Waals surface area contributed by atoms with Crippen LogP contribution in [0.4, 0.5) is 158 Å². The number of fused-ring (bicyclic) bond motifs is 5. The van der Waals surface area contributed by atoms with Crippen molar-refractivity contribution in [1.29, 1.82) is 0 Å². The predicted molar refractivity (Wildman–Crippen MR) is 528 cm³/mol. The van der Waals surface area contributed by atoms with Gasteiger partial charge >= 0.3 is 0 Å². The Hall–Kier alpha value is -15.4. The number of hydrogen-bond acceptors (Lipinski definition) is 10. The lowest BCUT2D eigenvalue weighted by molar-refractivity contribution is 0.593. The molecule has 5 aliphatic rings. The van der Waals surface area contributed by atoms with Gasteiger partial charge in [-0.15, -0.1) is 0 Å². The van der Waals surface area contributed by atoms with Crippen LogP contribution in [0.1, 0.15) is 101 Å². The summed E-state index contributed by atoms with van der Waals surface area (Å²) in [6.07, 6.45) is -1.07. The SMILES string of the molecule is [C-]#[N+]c1c(F)cc2c(c1F)N(C)[C@H](C)N2c1c(C)c(C)c(C)c(C)c1C.[C-]#[N+]c1c(F)cc2c(c1F)N(C)[C@H](C)N2c1c(C)c(C)cc(C)c1C.[C-]#[N+]c1c(F)cc2c(c1F)N(C)[C@H](C)N2c1c(C)cccc1-c1ccccc1.[C-]#[N+]c1c(F)cc2c(c1F)N(C)[C@H](C)N2c1cc(-c2ccccc2)ccc1C.[C-]#[N+]c1c(F)cc2c(c1F)N(C)[C@H](C)N2c1ccc(-c2ccccc2)cc1C. The molecule has 686 valence electrons. The number of rotatable bonds is 8. The lowest BCUT2D eigenvalue weighted by atomic mass is 9.92. The predicted octanol–water partition coefficient (Wildman–Crippen LogP) is 30.9. The van der Waals surface area contributed by atoms with Gasteiger partial charge in [0.05, 0.1) is 95.4 Å². The van der Waals surface area contributed by atoms with E-state index in [2.05, 4.69) is 71.0 Å². The number of aryl methyl sites for hydroxylation is 5. The van der Waals surface area contributed by atoms with Gasteiger partial charge < -0.3 is 49.0 Å². The molecule has 0 fully saturated rings. The molecule has 13 aromatic carbocycles. The van der Waals surface area contributed by atoms with Crippen molar-refractivity contribution in [2.45, 2.75) is 149 Å². The normalized spacial score (nSPS) is 15.7. The van der Waals surface area contributed by atoms with E-state index in [-0.39, 0.29) is 59.3 Å². The molecule has 13 aromatic rings. The first kappa shape index (κ1) is 95.7. The number of halogens is 10. The molecule has 0 radical (unpaired) electrons. The zero-order chi connectivity index (χ0) is 98.1. The van der Waals surface area contributed by atoms with E-state index in [1.54, 1.807) is 59.7 Å². The van der Waals surface area contributed by atoms with E-state index in [0.717, 1.165) is 112 Å². The third-order valence-corrected chi connectivity index (χ3v) is 27.5. The van der Waals surface area contributed by atoms with Gasteiger partial charge in [0.25, 0.3) is 28.4 Å². The van der Waals surface area contributed by atoms with Crippen molar-refractivity contribution in [1.82, 2.24) is 0 Å². The van der Waals surface area contributed by atoms with Crippen LogP contribution in [0.5, 0.6) is 0 Å². The van der Waals surface area contributed by atoms with Crippen LogP contribution in [0.3, 0.4) is 0 Å². The monoisotopic (exact) mass is 1820 g/mol. The number of anilines is 15. The maximum absolute atomic E-state index is 14.9. The largest absolute Gasteiger partial charge is 0.351 e. The van der Waals surface area contributed by atoms with Crippen molar-refractivity contribution in [2.75, 3.05) is 84.2 Å². The van der Waals surface area contributed by atoms with Crippen molar-refractivity contribution < 1.29 is 43.9 Å². The summed E-state index contributed by atoms with van der Waals surface area (Å²) in [5.74, 6) is -8.15. The Labute approximate surface area is 783 Å². The maximum atomic E-state index is 14.9. The zero-order valence-electron chi connectivity index (χ0n) is 79.2. The Morgan fingerprint density at radius 1 is 0.215 bits per heavy atom. The van der Waals surface area contributed by atoms with Gasteiger partial charge in [-0.05, 0) is 261 Å². The van der Waals surface area contributed by atoms with E-state index in [1.165, 1.54) is 47.0 Å². The lowest BCUT2D eigenvalue weighted by Crippen LogP contribution is -2.36. The summed E-state index contributed by atoms with van der Waals surface area (Å²) >= 11 is 0. The Morgan fingerprint density at radius 2 is 0.496 bits per heavy atom. The zero-order valence-corrected chi connectivity index (χ0v) is 79.2. The van der Waals surface area contributed by atoms with Crippen LogP contribution >= 0.6 is 0 Å². The van der Waals surface area contributed by atoms with Crippen molar-refractivity contribution in [2.24, 2.45) is 0 Å². The van der Waals surface area contributed by atoms with E-state index in [4.69, 9.17) is 32.9 Å². The molecule has 5 heterocycles. The molecule has 0 saturated carbocycles. The highest BCUT2D eigenvalue weighted by molar-refractivity contribution is 5.96. The first-order valence-electron chi connectivity index (χ1n) is 43.9. The number of para-hydroxylation sites is 1. The van der Waals surface area contributed by atoms with Gasteiger partial charge in [-0.2, -0.15) is 0 Å². The van der Waals surface area contributed by atoms with Gasteiger partial charge in [-0.3, -0.25) is 0 Å². The van der Waals surface area contributed by atoms with Crippen LogP contribution in [0.15, 0.2) is 182 Å². The van der Waals surface area contributed by atoms with Gasteiger partial charge in [0.15, 0.2) is 29.1 Å². The van der Waals surface area contributed by atoms with Gasteiger partial charge in [0, 0.05) is 63.6 Å². The highest BCUT2D eigenvalue weighted by atomic mass is 19.2. The van der Waals surface area contributed by atoms with E-state index in [9.17, 15) is 43.9 Å². The molecule has 18 rings (SSSR count). The molecule has 0 aromatic heterocycles.